The second-order valence-corrected chi connectivity index (χ2v) is 3.94. The quantitative estimate of drug-likeness (QED) is 0.867. The van der Waals surface area contributed by atoms with Gasteiger partial charge in [0.05, 0.1) is 7.11 Å². The summed E-state index contributed by atoms with van der Waals surface area (Å²) in [6.45, 7) is 6.10. The first-order valence-corrected chi connectivity index (χ1v) is 6.71. The zero-order valence-corrected chi connectivity index (χ0v) is 12.1. The molecule has 0 bridgehead atoms. The van der Waals surface area contributed by atoms with Crippen molar-refractivity contribution in [2.75, 3.05) is 7.11 Å². The van der Waals surface area contributed by atoms with Crippen LogP contribution < -0.4 is 4.74 Å². The van der Waals surface area contributed by atoms with E-state index in [4.69, 9.17) is 4.74 Å². The van der Waals surface area contributed by atoms with Gasteiger partial charge in [-0.3, -0.25) is 0 Å². The number of aromatic hydroxyl groups is 1. The molecule has 2 aromatic rings. The van der Waals surface area contributed by atoms with Crippen LogP contribution in [0.15, 0.2) is 42.5 Å². The fourth-order valence-corrected chi connectivity index (χ4v) is 1.82. The molecule has 0 aromatic heterocycles. The molecule has 0 aliphatic heterocycles. The predicted molar refractivity (Wildman–Crippen MR) is 80.8 cm³/mol. The molecule has 0 aliphatic carbocycles. The second-order valence-electron chi connectivity index (χ2n) is 3.94. The summed E-state index contributed by atoms with van der Waals surface area (Å²) in [5, 5.41) is 9.91. The number of aryl methyl sites for hydroxylation is 1. The first kappa shape index (κ1) is 15.1. The van der Waals surface area contributed by atoms with Crippen LogP contribution in [-0.2, 0) is 6.42 Å². The summed E-state index contributed by atoms with van der Waals surface area (Å²) in [7, 11) is 1.64. The first-order valence-electron chi connectivity index (χ1n) is 6.71. The van der Waals surface area contributed by atoms with Crippen molar-refractivity contribution < 1.29 is 9.84 Å². The van der Waals surface area contributed by atoms with Crippen molar-refractivity contribution in [3.63, 3.8) is 0 Å². The molecule has 0 fully saturated rings. The molecular formula is C17H22O2. The lowest BCUT2D eigenvalue weighted by Crippen LogP contribution is -1.86. The second kappa shape index (κ2) is 7.47. The Morgan fingerprint density at radius 3 is 2.42 bits per heavy atom. The molecule has 0 amide bonds. The Balaban J connectivity index is 0.000000861. The van der Waals surface area contributed by atoms with E-state index < -0.39 is 0 Å². The summed E-state index contributed by atoms with van der Waals surface area (Å²) in [5.74, 6) is 1.10. The summed E-state index contributed by atoms with van der Waals surface area (Å²) in [4.78, 5) is 0. The van der Waals surface area contributed by atoms with E-state index in [1.807, 2.05) is 50.2 Å². The van der Waals surface area contributed by atoms with Gasteiger partial charge in [0.15, 0.2) is 0 Å². The molecule has 2 aromatic carbocycles. The molecule has 0 unspecified atom stereocenters. The van der Waals surface area contributed by atoms with Crippen LogP contribution in [0.4, 0.5) is 0 Å². The predicted octanol–water partition coefficient (Wildman–Crippen LogP) is 4.66. The van der Waals surface area contributed by atoms with E-state index in [0.717, 1.165) is 23.3 Å². The van der Waals surface area contributed by atoms with Crippen LogP contribution >= 0.6 is 0 Å². The summed E-state index contributed by atoms with van der Waals surface area (Å²) < 4.78 is 5.19. The van der Waals surface area contributed by atoms with E-state index in [9.17, 15) is 5.11 Å². The Kier molecular flexibility index (Phi) is 5.94. The zero-order chi connectivity index (χ0) is 14.3. The molecule has 2 rings (SSSR count). The van der Waals surface area contributed by atoms with Gasteiger partial charge in [-0.1, -0.05) is 39.0 Å². The van der Waals surface area contributed by atoms with Gasteiger partial charge in [0.25, 0.3) is 0 Å². The van der Waals surface area contributed by atoms with Gasteiger partial charge in [-0.15, -0.1) is 0 Å². The van der Waals surface area contributed by atoms with Gasteiger partial charge in [-0.25, -0.2) is 0 Å². The number of ether oxygens (including phenoxy) is 1. The highest BCUT2D eigenvalue weighted by atomic mass is 16.5. The topological polar surface area (TPSA) is 29.5 Å². The molecule has 0 spiro atoms. The van der Waals surface area contributed by atoms with E-state index in [0.29, 0.717) is 5.75 Å². The van der Waals surface area contributed by atoms with Gasteiger partial charge in [0.2, 0.25) is 0 Å². The number of hydrogen-bond acceptors (Lipinski definition) is 2. The first-order chi connectivity index (χ1) is 9.24. The van der Waals surface area contributed by atoms with Crippen LogP contribution in [-0.4, -0.2) is 12.2 Å². The molecule has 0 aliphatic rings. The molecule has 102 valence electrons. The normalized spacial score (nSPS) is 9.47. The van der Waals surface area contributed by atoms with Crippen molar-refractivity contribution >= 4 is 0 Å². The molecule has 19 heavy (non-hydrogen) atoms. The smallest absolute Gasteiger partial charge is 0.123 e. The summed E-state index contributed by atoms with van der Waals surface area (Å²) in [6, 6.07) is 13.4. The summed E-state index contributed by atoms with van der Waals surface area (Å²) in [6.07, 6.45) is 0.956. The number of benzene rings is 2. The Bertz CT molecular complexity index is 518. The minimum atomic E-state index is 0.301. The van der Waals surface area contributed by atoms with Crippen LogP contribution in [0.5, 0.6) is 11.5 Å². The maximum absolute atomic E-state index is 9.91. The van der Waals surface area contributed by atoms with Crippen molar-refractivity contribution in [1.29, 1.82) is 0 Å². The molecule has 2 heteroatoms. The lowest BCUT2D eigenvalue weighted by Gasteiger charge is -2.08. The minimum Gasteiger partial charge on any atom is -0.507 e. The number of hydrogen-bond donors (Lipinski definition) is 1. The Labute approximate surface area is 115 Å². The van der Waals surface area contributed by atoms with Crippen LogP contribution in [0.25, 0.3) is 11.1 Å². The monoisotopic (exact) mass is 258 g/mol. The van der Waals surface area contributed by atoms with Crippen molar-refractivity contribution in [3.8, 4) is 22.6 Å². The minimum absolute atomic E-state index is 0.301. The number of methoxy groups -OCH3 is 1. The largest absolute Gasteiger partial charge is 0.507 e. The SMILES string of the molecule is CC.CCc1ccc(O)c(-c2cccc(OC)c2)c1. The molecule has 0 radical (unpaired) electrons. The molecule has 0 saturated heterocycles. The lowest BCUT2D eigenvalue weighted by molar-refractivity contribution is 0.415. The van der Waals surface area contributed by atoms with Crippen LogP contribution in [0.3, 0.4) is 0 Å². The summed E-state index contributed by atoms with van der Waals surface area (Å²) >= 11 is 0. The zero-order valence-electron chi connectivity index (χ0n) is 12.1. The van der Waals surface area contributed by atoms with Gasteiger partial charge < -0.3 is 9.84 Å². The van der Waals surface area contributed by atoms with Crippen LogP contribution in [0.2, 0.25) is 0 Å². The highest BCUT2D eigenvalue weighted by Crippen LogP contribution is 2.32. The Hall–Kier alpha value is -1.96. The average Bonchev–Trinajstić information content (AvgIpc) is 2.50. The molecule has 2 nitrogen and oxygen atoms in total. The number of phenolic OH excluding ortho intramolecular Hbond substituents is 1. The van der Waals surface area contributed by atoms with E-state index in [-0.39, 0.29) is 0 Å². The van der Waals surface area contributed by atoms with Crippen molar-refractivity contribution in [2.24, 2.45) is 0 Å². The fourth-order valence-electron chi connectivity index (χ4n) is 1.82. The summed E-state index contributed by atoms with van der Waals surface area (Å²) in [5.41, 5.74) is 3.03. The van der Waals surface area contributed by atoms with E-state index >= 15 is 0 Å². The Morgan fingerprint density at radius 1 is 1.05 bits per heavy atom. The fraction of sp³-hybridized carbons (Fsp3) is 0.294. The third kappa shape index (κ3) is 3.75. The number of rotatable bonds is 3. The van der Waals surface area contributed by atoms with E-state index in [1.54, 1.807) is 13.2 Å². The van der Waals surface area contributed by atoms with Crippen LogP contribution in [0.1, 0.15) is 26.3 Å². The average molecular weight is 258 g/mol. The Morgan fingerprint density at radius 2 is 1.79 bits per heavy atom. The molecule has 0 heterocycles. The van der Waals surface area contributed by atoms with Gasteiger partial charge >= 0.3 is 0 Å². The van der Waals surface area contributed by atoms with Crippen molar-refractivity contribution in [2.45, 2.75) is 27.2 Å². The van der Waals surface area contributed by atoms with Crippen molar-refractivity contribution in [1.82, 2.24) is 0 Å². The van der Waals surface area contributed by atoms with E-state index in [2.05, 4.69) is 6.92 Å². The molecular weight excluding hydrogens is 236 g/mol. The molecule has 0 atom stereocenters. The van der Waals surface area contributed by atoms with Crippen molar-refractivity contribution in [3.05, 3.63) is 48.0 Å². The third-order valence-corrected chi connectivity index (χ3v) is 2.85. The highest BCUT2D eigenvalue weighted by molar-refractivity contribution is 5.71. The van der Waals surface area contributed by atoms with Gasteiger partial charge in [0, 0.05) is 5.56 Å². The standard InChI is InChI=1S/C15H16O2.C2H6/c1-3-11-7-8-15(16)14(9-11)12-5-4-6-13(10-12)17-2;1-2/h4-10,16H,3H2,1-2H3;1-2H3. The third-order valence-electron chi connectivity index (χ3n) is 2.85. The van der Waals surface area contributed by atoms with Gasteiger partial charge in [0.1, 0.15) is 11.5 Å². The maximum Gasteiger partial charge on any atom is 0.123 e. The maximum atomic E-state index is 9.91. The molecule has 0 saturated carbocycles. The number of phenols is 1. The lowest BCUT2D eigenvalue weighted by atomic mass is 10.0. The molecule has 1 N–H and O–H groups in total. The van der Waals surface area contributed by atoms with Gasteiger partial charge in [-0.05, 0) is 41.8 Å². The highest BCUT2D eigenvalue weighted by Gasteiger charge is 2.06. The van der Waals surface area contributed by atoms with Crippen LogP contribution in [0, 0.1) is 0 Å². The van der Waals surface area contributed by atoms with E-state index in [1.165, 1.54) is 5.56 Å². The van der Waals surface area contributed by atoms with Gasteiger partial charge in [-0.2, -0.15) is 0 Å².